The van der Waals surface area contributed by atoms with Crippen LogP contribution in [0, 0.1) is 60.8 Å². The van der Waals surface area contributed by atoms with Gasteiger partial charge in [0.05, 0.1) is 6.04 Å². The number of unbranched alkanes of at least 4 members (excludes halogenated alkanes) is 1. The third kappa shape index (κ3) is 8.35. The van der Waals surface area contributed by atoms with Crippen molar-refractivity contribution in [1.29, 1.82) is 5.41 Å². The first-order valence-electron chi connectivity index (χ1n) is 10.7. The zero-order valence-corrected chi connectivity index (χ0v) is 22.7. The SMILES string of the molecule is C=[C-]c1ccc[nH]1.CCCC=N.O=C(C1C[CH-]C1)N1C(O)CCC1c1ccc(F)cc1.[U+2]. The number of aliphatic hydroxyl groups excluding tert-OH is 1. The van der Waals surface area contributed by atoms with Gasteiger partial charge in [-0.25, -0.2) is 10.5 Å². The van der Waals surface area contributed by atoms with Crippen molar-refractivity contribution in [2.24, 2.45) is 5.92 Å². The van der Waals surface area contributed by atoms with Crippen LogP contribution in [0.1, 0.15) is 62.7 Å². The molecule has 1 aliphatic carbocycles. The molecule has 2 atom stereocenters. The number of nitrogens with zero attached hydrogens (tertiary/aromatic N) is 1. The topological polar surface area (TPSA) is 80.2 Å². The first-order valence-corrected chi connectivity index (χ1v) is 10.7. The number of likely N-dealkylation sites (tertiary alicyclic amines) is 1. The van der Waals surface area contributed by atoms with Gasteiger partial charge < -0.3 is 26.8 Å². The van der Waals surface area contributed by atoms with Gasteiger partial charge in [-0.2, -0.15) is 25.5 Å². The molecule has 0 spiro atoms. The number of benzene rings is 1. The Morgan fingerprint density at radius 2 is 2.03 bits per heavy atom. The average molecular weight is 664 g/mol. The van der Waals surface area contributed by atoms with Crippen LogP contribution in [0.3, 0.4) is 0 Å². The van der Waals surface area contributed by atoms with Crippen LogP contribution < -0.4 is 0 Å². The Kier molecular flexibility index (Phi) is 13.5. The van der Waals surface area contributed by atoms with Crippen molar-refractivity contribution in [2.45, 2.75) is 57.7 Å². The summed E-state index contributed by atoms with van der Waals surface area (Å²) in [5.41, 5.74) is 1.84. The van der Waals surface area contributed by atoms with Gasteiger partial charge >= 0.3 is 31.1 Å². The van der Waals surface area contributed by atoms with E-state index in [-0.39, 0.29) is 54.8 Å². The van der Waals surface area contributed by atoms with Crippen molar-refractivity contribution in [1.82, 2.24) is 9.88 Å². The van der Waals surface area contributed by atoms with Gasteiger partial charge in [-0.15, -0.1) is 11.8 Å². The molecular weight excluding hydrogens is 631 g/mol. The molecule has 1 saturated heterocycles. The quantitative estimate of drug-likeness (QED) is 0.304. The molecule has 7 heteroatoms. The molecule has 0 bridgehead atoms. The monoisotopic (exact) mass is 663 g/mol. The molecule has 2 aliphatic rings. The van der Waals surface area contributed by atoms with E-state index >= 15 is 0 Å². The van der Waals surface area contributed by atoms with Crippen LogP contribution in [-0.4, -0.2) is 33.3 Å². The standard InChI is InChI=1S/C15H17FNO2.C6H6N.C4H9N.U/c16-12-6-4-10(5-7-12)13-8-9-14(18)17(13)15(19)11-2-1-3-11;1-2-6-4-3-5-7-6;1-2-3-4-5;/h1,4-7,11,13-14,18H,2-3,8-9H2;3-5,7H,1H2;4-5H,2-3H2,1H3;/q2*-1;;+2. The van der Waals surface area contributed by atoms with Gasteiger partial charge in [0.25, 0.3) is 0 Å². The molecule has 1 aromatic carbocycles. The van der Waals surface area contributed by atoms with Crippen molar-refractivity contribution < 1.29 is 45.4 Å². The molecule has 1 aliphatic heterocycles. The van der Waals surface area contributed by atoms with E-state index in [4.69, 9.17) is 5.41 Å². The summed E-state index contributed by atoms with van der Waals surface area (Å²) >= 11 is 0. The minimum atomic E-state index is -0.705. The van der Waals surface area contributed by atoms with Gasteiger partial charge in [0.1, 0.15) is 12.0 Å². The summed E-state index contributed by atoms with van der Waals surface area (Å²) < 4.78 is 13.0. The minimum Gasteiger partial charge on any atom is -0.397 e. The van der Waals surface area contributed by atoms with Gasteiger partial charge in [-0.3, -0.25) is 4.79 Å². The fraction of sp³-hybridized carbons (Fsp3) is 0.400. The predicted octanol–water partition coefficient (Wildman–Crippen LogP) is 5.21. The van der Waals surface area contributed by atoms with Crippen LogP contribution in [0.2, 0.25) is 0 Å². The van der Waals surface area contributed by atoms with Crippen molar-refractivity contribution >= 4 is 12.1 Å². The normalized spacial score (nSPS) is 19.3. The van der Waals surface area contributed by atoms with Crippen LogP contribution in [0.25, 0.3) is 0 Å². The Labute approximate surface area is 214 Å². The maximum absolute atomic E-state index is 13.0. The first kappa shape index (κ1) is 28.4. The van der Waals surface area contributed by atoms with Gasteiger partial charge in [0.15, 0.2) is 0 Å². The van der Waals surface area contributed by atoms with Gasteiger partial charge in [-0.1, -0.05) is 25.5 Å². The molecule has 0 radical (unpaired) electrons. The summed E-state index contributed by atoms with van der Waals surface area (Å²) in [4.78, 5) is 16.9. The molecule has 1 amide bonds. The Bertz CT molecular complexity index is 807. The van der Waals surface area contributed by atoms with E-state index in [9.17, 15) is 14.3 Å². The number of nitrogens with one attached hydrogen (secondary N) is 2. The fourth-order valence-corrected chi connectivity index (χ4v) is 3.44. The fourth-order valence-electron chi connectivity index (χ4n) is 3.44. The summed E-state index contributed by atoms with van der Waals surface area (Å²) in [6.07, 6.45) is 12.3. The first-order chi connectivity index (χ1) is 15.0. The number of rotatable bonds is 5. The van der Waals surface area contributed by atoms with Crippen LogP contribution in [0.4, 0.5) is 4.39 Å². The molecule has 170 valence electrons. The smallest absolute Gasteiger partial charge is 0.397 e. The second-order valence-electron chi connectivity index (χ2n) is 7.58. The van der Waals surface area contributed by atoms with E-state index in [1.165, 1.54) is 18.3 Å². The van der Waals surface area contributed by atoms with E-state index in [0.717, 1.165) is 43.4 Å². The average Bonchev–Trinajstić information content (AvgIpc) is 3.38. The van der Waals surface area contributed by atoms with Crippen LogP contribution >= 0.6 is 0 Å². The summed E-state index contributed by atoms with van der Waals surface area (Å²) in [7, 11) is 0. The number of aromatic nitrogens is 1. The van der Waals surface area contributed by atoms with E-state index in [0.29, 0.717) is 6.42 Å². The summed E-state index contributed by atoms with van der Waals surface area (Å²) in [5, 5.41) is 16.5. The maximum atomic E-state index is 13.0. The van der Waals surface area contributed by atoms with E-state index in [1.807, 2.05) is 18.3 Å². The number of carbonyl (C=O) groups is 1. The number of hydrogen-bond acceptors (Lipinski definition) is 3. The summed E-state index contributed by atoms with van der Waals surface area (Å²) in [6, 6.07) is 9.90. The third-order valence-corrected chi connectivity index (χ3v) is 5.34. The molecule has 3 N–H and O–H groups in total. The van der Waals surface area contributed by atoms with Gasteiger partial charge in [0.2, 0.25) is 5.91 Å². The Balaban J connectivity index is 0.000000327. The van der Waals surface area contributed by atoms with Crippen molar-refractivity contribution in [2.75, 3.05) is 0 Å². The molecule has 32 heavy (non-hydrogen) atoms. The second-order valence-corrected chi connectivity index (χ2v) is 7.58. The molecule has 4 rings (SSSR count). The third-order valence-electron chi connectivity index (χ3n) is 5.34. The largest absolute Gasteiger partial charge is 2.00 e. The van der Waals surface area contributed by atoms with E-state index in [1.54, 1.807) is 17.0 Å². The zero-order valence-electron chi connectivity index (χ0n) is 18.6. The maximum Gasteiger partial charge on any atom is 2.00 e. The number of aromatic amines is 1. The molecule has 2 aromatic rings. The summed E-state index contributed by atoms with van der Waals surface area (Å²) in [6.45, 7) is 5.51. The van der Waals surface area contributed by atoms with Crippen molar-refractivity contribution in [3.63, 3.8) is 0 Å². The molecule has 5 nitrogen and oxygen atoms in total. The molecule has 2 fully saturated rings. The van der Waals surface area contributed by atoms with Gasteiger partial charge in [-0.05, 0) is 55.3 Å². The molecule has 2 heterocycles. The van der Waals surface area contributed by atoms with Crippen molar-refractivity contribution in [3.05, 3.63) is 78.7 Å². The molecule has 2 unspecified atom stereocenters. The number of H-pyrrole nitrogens is 1. The summed E-state index contributed by atoms with van der Waals surface area (Å²) in [5.74, 6) is -0.230. The number of halogens is 1. The number of carbonyl (C=O) groups excluding carboxylic acids is 1. The Morgan fingerprint density at radius 3 is 2.44 bits per heavy atom. The minimum absolute atomic E-state index is 0. The van der Waals surface area contributed by atoms with Crippen LogP contribution in [-0.2, 0) is 4.79 Å². The Morgan fingerprint density at radius 1 is 1.34 bits per heavy atom. The molecule has 1 aromatic heterocycles. The van der Waals surface area contributed by atoms with Crippen molar-refractivity contribution in [3.8, 4) is 0 Å². The van der Waals surface area contributed by atoms with E-state index < -0.39 is 6.23 Å². The second kappa shape index (κ2) is 15.2. The number of aliphatic hydroxyl groups is 1. The van der Waals surface area contributed by atoms with Gasteiger partial charge in [0, 0.05) is 0 Å². The van der Waals surface area contributed by atoms with E-state index in [2.05, 4.69) is 31.0 Å². The zero-order chi connectivity index (χ0) is 22.6. The number of hydrogen-bond donors (Lipinski definition) is 3. The molecular formula is C25H32FN3O2U. The van der Waals surface area contributed by atoms with Crippen LogP contribution in [0.15, 0.2) is 49.2 Å². The molecule has 1 saturated carbocycles. The number of amides is 1. The van der Waals surface area contributed by atoms with Crippen LogP contribution in [0.5, 0.6) is 0 Å². The Hall–Kier alpha value is -1.68. The predicted molar refractivity (Wildman–Crippen MR) is 121 cm³/mol.